The quantitative estimate of drug-likeness (QED) is 0.817. The van der Waals surface area contributed by atoms with E-state index in [0.717, 1.165) is 24.6 Å². The summed E-state index contributed by atoms with van der Waals surface area (Å²) in [4.78, 5) is 6.98. The number of rotatable bonds is 7. The number of nitrogens with one attached hydrogen (secondary N) is 1. The van der Waals surface area contributed by atoms with Gasteiger partial charge in [-0.15, -0.1) is 0 Å². The molecular weight excluding hydrogens is 234 g/mol. The predicted octanol–water partition coefficient (Wildman–Crippen LogP) is 3.37. The lowest BCUT2D eigenvalue weighted by molar-refractivity contribution is 0.557. The maximum Gasteiger partial charge on any atom is 0.128 e. The summed E-state index contributed by atoms with van der Waals surface area (Å²) in [5.41, 5.74) is 2.41. The van der Waals surface area contributed by atoms with Gasteiger partial charge in [-0.05, 0) is 24.5 Å². The third-order valence-corrected chi connectivity index (χ3v) is 3.55. The summed E-state index contributed by atoms with van der Waals surface area (Å²) < 4.78 is 0. The van der Waals surface area contributed by atoms with Crippen LogP contribution in [0.2, 0.25) is 0 Å². The van der Waals surface area contributed by atoms with E-state index in [-0.39, 0.29) is 0 Å². The van der Waals surface area contributed by atoms with E-state index >= 15 is 0 Å². The maximum atomic E-state index is 4.72. The van der Waals surface area contributed by atoms with Crippen molar-refractivity contribution in [2.75, 3.05) is 18.5 Å². The molecule has 1 unspecified atom stereocenters. The van der Waals surface area contributed by atoms with Gasteiger partial charge in [-0.2, -0.15) is 0 Å². The zero-order valence-corrected chi connectivity index (χ0v) is 13.3. The summed E-state index contributed by atoms with van der Waals surface area (Å²) in [6.07, 6.45) is 1.21. The Hall–Kier alpha value is -1.09. The topological polar surface area (TPSA) is 28.2 Å². The van der Waals surface area contributed by atoms with Crippen LogP contribution in [0.5, 0.6) is 0 Å². The van der Waals surface area contributed by atoms with Crippen molar-refractivity contribution in [1.29, 1.82) is 0 Å². The fraction of sp³-hybridized carbons (Fsp3) is 0.688. The molecule has 1 aromatic rings. The van der Waals surface area contributed by atoms with Crippen LogP contribution >= 0.6 is 0 Å². The highest BCUT2D eigenvalue weighted by Gasteiger charge is 2.09. The molecular formula is C16H29N3. The second-order valence-corrected chi connectivity index (χ2v) is 5.84. The van der Waals surface area contributed by atoms with Crippen LogP contribution in [0.1, 0.15) is 45.4 Å². The van der Waals surface area contributed by atoms with Crippen molar-refractivity contribution in [2.45, 2.75) is 53.6 Å². The average Bonchev–Trinajstić information content (AvgIpc) is 2.36. The largest absolute Gasteiger partial charge is 0.359 e. The van der Waals surface area contributed by atoms with E-state index in [0.29, 0.717) is 12.0 Å². The number of aromatic nitrogens is 1. The van der Waals surface area contributed by atoms with Gasteiger partial charge < -0.3 is 10.2 Å². The second kappa shape index (κ2) is 7.49. The van der Waals surface area contributed by atoms with E-state index < -0.39 is 0 Å². The molecule has 0 spiro atoms. The predicted molar refractivity (Wildman–Crippen MR) is 83.7 cm³/mol. The minimum atomic E-state index is 0.507. The molecule has 0 aromatic carbocycles. The first kappa shape index (κ1) is 16.0. The molecule has 3 heteroatoms. The third-order valence-electron chi connectivity index (χ3n) is 3.55. The van der Waals surface area contributed by atoms with E-state index in [2.05, 4.69) is 64.0 Å². The molecule has 0 amide bonds. The van der Waals surface area contributed by atoms with Crippen LogP contribution in [-0.4, -0.2) is 24.6 Å². The Kier molecular flexibility index (Phi) is 6.29. The zero-order chi connectivity index (χ0) is 14.4. The molecule has 1 heterocycles. The SMILES string of the molecule is CCC(C)CN(C)c1ccc(CNC(C)C)c(C)n1. The molecule has 1 aromatic heterocycles. The van der Waals surface area contributed by atoms with Gasteiger partial charge in [0.15, 0.2) is 0 Å². The highest BCUT2D eigenvalue weighted by molar-refractivity contribution is 5.40. The Morgan fingerprint density at radius 3 is 2.47 bits per heavy atom. The normalized spacial score (nSPS) is 12.8. The number of nitrogens with zero attached hydrogens (tertiary/aromatic N) is 2. The highest BCUT2D eigenvalue weighted by atomic mass is 15.2. The molecule has 1 N–H and O–H groups in total. The molecule has 0 fully saturated rings. The lowest BCUT2D eigenvalue weighted by Gasteiger charge is -2.22. The minimum Gasteiger partial charge on any atom is -0.359 e. The van der Waals surface area contributed by atoms with Crippen molar-refractivity contribution >= 4 is 5.82 Å². The minimum absolute atomic E-state index is 0.507. The number of anilines is 1. The molecule has 0 aliphatic carbocycles. The van der Waals surface area contributed by atoms with Gasteiger partial charge in [0, 0.05) is 31.9 Å². The van der Waals surface area contributed by atoms with Crippen LogP contribution in [0.25, 0.3) is 0 Å². The molecule has 0 saturated heterocycles. The Morgan fingerprint density at radius 2 is 1.95 bits per heavy atom. The van der Waals surface area contributed by atoms with Crippen LogP contribution in [0, 0.1) is 12.8 Å². The first-order valence-corrected chi connectivity index (χ1v) is 7.35. The fourth-order valence-corrected chi connectivity index (χ4v) is 1.98. The summed E-state index contributed by atoms with van der Waals surface area (Å²) in [5.74, 6) is 1.78. The number of aryl methyl sites for hydroxylation is 1. The Morgan fingerprint density at radius 1 is 1.26 bits per heavy atom. The highest BCUT2D eigenvalue weighted by Crippen LogP contribution is 2.15. The lowest BCUT2D eigenvalue weighted by atomic mass is 10.1. The van der Waals surface area contributed by atoms with Crippen LogP contribution in [0.3, 0.4) is 0 Å². The van der Waals surface area contributed by atoms with Gasteiger partial charge in [0.25, 0.3) is 0 Å². The molecule has 3 nitrogen and oxygen atoms in total. The van der Waals surface area contributed by atoms with Gasteiger partial charge in [-0.3, -0.25) is 0 Å². The summed E-state index contributed by atoms with van der Waals surface area (Å²) >= 11 is 0. The van der Waals surface area contributed by atoms with Crippen LogP contribution < -0.4 is 10.2 Å². The van der Waals surface area contributed by atoms with Crippen molar-refractivity contribution in [1.82, 2.24) is 10.3 Å². The number of hydrogen-bond donors (Lipinski definition) is 1. The molecule has 0 aliphatic heterocycles. The van der Waals surface area contributed by atoms with Gasteiger partial charge >= 0.3 is 0 Å². The molecule has 0 radical (unpaired) electrons. The van der Waals surface area contributed by atoms with Crippen LogP contribution in [0.4, 0.5) is 5.82 Å². The first-order valence-electron chi connectivity index (χ1n) is 7.35. The lowest BCUT2D eigenvalue weighted by Crippen LogP contribution is -2.25. The Labute approximate surface area is 118 Å². The maximum absolute atomic E-state index is 4.72. The Balaban J connectivity index is 2.70. The smallest absolute Gasteiger partial charge is 0.128 e. The zero-order valence-electron chi connectivity index (χ0n) is 13.3. The van der Waals surface area contributed by atoms with Gasteiger partial charge in [0.05, 0.1) is 0 Å². The first-order chi connectivity index (χ1) is 8.93. The average molecular weight is 263 g/mol. The number of pyridine rings is 1. The van der Waals surface area contributed by atoms with Crippen molar-refractivity contribution in [3.63, 3.8) is 0 Å². The molecule has 1 rings (SSSR count). The Bertz CT molecular complexity index is 388. The molecule has 0 bridgehead atoms. The van der Waals surface area contributed by atoms with Crippen LogP contribution in [0.15, 0.2) is 12.1 Å². The van der Waals surface area contributed by atoms with E-state index in [1.165, 1.54) is 12.0 Å². The summed E-state index contributed by atoms with van der Waals surface area (Å²) in [7, 11) is 2.12. The monoisotopic (exact) mass is 263 g/mol. The van der Waals surface area contributed by atoms with Gasteiger partial charge in [0.2, 0.25) is 0 Å². The van der Waals surface area contributed by atoms with Gasteiger partial charge in [0.1, 0.15) is 5.82 Å². The molecule has 1 atom stereocenters. The van der Waals surface area contributed by atoms with E-state index in [1.54, 1.807) is 0 Å². The third kappa shape index (κ3) is 5.19. The van der Waals surface area contributed by atoms with Crippen molar-refractivity contribution in [3.8, 4) is 0 Å². The van der Waals surface area contributed by atoms with E-state index in [4.69, 9.17) is 4.98 Å². The van der Waals surface area contributed by atoms with Crippen LogP contribution in [-0.2, 0) is 6.54 Å². The molecule has 0 aliphatic rings. The summed E-state index contributed by atoms with van der Waals surface area (Å²) in [6.45, 7) is 12.9. The van der Waals surface area contributed by atoms with Gasteiger partial charge in [-0.1, -0.05) is 40.2 Å². The standard InChI is InChI=1S/C16H29N3/c1-7-13(4)11-19(6)16-9-8-15(14(5)18-16)10-17-12(2)3/h8-9,12-13,17H,7,10-11H2,1-6H3. The fourth-order valence-electron chi connectivity index (χ4n) is 1.98. The number of hydrogen-bond acceptors (Lipinski definition) is 3. The molecule has 0 saturated carbocycles. The molecule has 108 valence electrons. The van der Waals surface area contributed by atoms with Crippen molar-refractivity contribution in [2.24, 2.45) is 5.92 Å². The van der Waals surface area contributed by atoms with E-state index in [1.807, 2.05) is 0 Å². The van der Waals surface area contributed by atoms with Crippen molar-refractivity contribution in [3.05, 3.63) is 23.4 Å². The second-order valence-electron chi connectivity index (χ2n) is 5.84. The van der Waals surface area contributed by atoms with Gasteiger partial charge in [-0.25, -0.2) is 4.98 Å². The van der Waals surface area contributed by atoms with E-state index in [9.17, 15) is 0 Å². The van der Waals surface area contributed by atoms with Crippen molar-refractivity contribution < 1.29 is 0 Å². The molecule has 19 heavy (non-hydrogen) atoms. The summed E-state index contributed by atoms with van der Waals surface area (Å²) in [6, 6.07) is 4.83. The summed E-state index contributed by atoms with van der Waals surface area (Å²) in [5, 5.41) is 3.44.